The summed E-state index contributed by atoms with van der Waals surface area (Å²) in [6.07, 6.45) is 1.97. The van der Waals surface area contributed by atoms with Gasteiger partial charge in [0.2, 0.25) is 0 Å². The number of aryl methyl sites for hydroxylation is 3. The van der Waals surface area contributed by atoms with Gasteiger partial charge in [-0.1, -0.05) is 25.1 Å². The molecule has 0 spiro atoms. The topological polar surface area (TPSA) is 35.5 Å². The van der Waals surface area contributed by atoms with Crippen LogP contribution in [0.15, 0.2) is 29.1 Å². The van der Waals surface area contributed by atoms with Crippen molar-refractivity contribution in [3.63, 3.8) is 0 Å². The predicted octanol–water partition coefficient (Wildman–Crippen LogP) is 4.40. The molecule has 1 atom stereocenters. The van der Waals surface area contributed by atoms with Crippen LogP contribution < -0.4 is 14.9 Å². The highest BCUT2D eigenvalue weighted by Gasteiger charge is 2.25. The van der Waals surface area contributed by atoms with Crippen LogP contribution in [-0.2, 0) is 6.42 Å². The van der Waals surface area contributed by atoms with Crippen LogP contribution in [-0.4, -0.2) is 14.2 Å². The Hall–Kier alpha value is -2.29. The lowest BCUT2D eigenvalue weighted by Crippen LogP contribution is -2.02. The summed E-state index contributed by atoms with van der Waals surface area (Å²) in [5.41, 5.74) is 6.41. The summed E-state index contributed by atoms with van der Waals surface area (Å²) in [6, 6.07) is 7.96. The predicted molar refractivity (Wildman–Crippen MR) is 97.5 cm³/mol. The number of hydrogen-bond donors (Lipinski definition) is 0. The van der Waals surface area contributed by atoms with E-state index in [4.69, 9.17) is 9.47 Å². The molecular weight excluding hydrogens is 300 g/mol. The van der Waals surface area contributed by atoms with E-state index in [-0.39, 0.29) is 5.43 Å². The van der Waals surface area contributed by atoms with Gasteiger partial charge in [0, 0.05) is 5.56 Å². The quantitative estimate of drug-likeness (QED) is 0.821. The molecule has 0 heterocycles. The molecule has 0 aromatic heterocycles. The fourth-order valence-corrected chi connectivity index (χ4v) is 3.66. The Morgan fingerprint density at radius 1 is 1.00 bits per heavy atom. The van der Waals surface area contributed by atoms with Crippen LogP contribution in [0.3, 0.4) is 0 Å². The largest absolute Gasteiger partial charge is 0.493 e. The van der Waals surface area contributed by atoms with Crippen LogP contribution in [0.4, 0.5) is 0 Å². The number of benzene rings is 1. The molecule has 1 aliphatic rings. The average molecular weight is 324 g/mol. The molecule has 0 saturated carbocycles. The molecule has 2 aromatic carbocycles. The minimum atomic E-state index is 0.0876. The lowest BCUT2D eigenvalue weighted by molar-refractivity contribution is 0.353. The van der Waals surface area contributed by atoms with Gasteiger partial charge in [0.05, 0.1) is 14.2 Å². The van der Waals surface area contributed by atoms with Gasteiger partial charge < -0.3 is 9.47 Å². The van der Waals surface area contributed by atoms with E-state index in [2.05, 4.69) is 19.1 Å². The molecule has 1 unspecified atom stereocenters. The molecule has 2 aromatic rings. The van der Waals surface area contributed by atoms with Gasteiger partial charge in [-0.3, -0.25) is 4.79 Å². The number of rotatable bonds is 2. The molecule has 1 aliphatic carbocycles. The van der Waals surface area contributed by atoms with E-state index in [0.717, 1.165) is 52.2 Å². The first-order valence-corrected chi connectivity index (χ1v) is 8.37. The van der Waals surface area contributed by atoms with Crippen molar-refractivity contribution < 1.29 is 9.47 Å². The maximum absolute atomic E-state index is 12.3. The Bertz CT molecular complexity index is 853. The third-order valence-electron chi connectivity index (χ3n) is 5.04. The second-order valence-electron chi connectivity index (χ2n) is 6.63. The van der Waals surface area contributed by atoms with E-state index in [1.165, 1.54) is 5.56 Å². The summed E-state index contributed by atoms with van der Waals surface area (Å²) < 4.78 is 11.4. The van der Waals surface area contributed by atoms with E-state index in [9.17, 15) is 4.79 Å². The van der Waals surface area contributed by atoms with Gasteiger partial charge in [-0.2, -0.15) is 0 Å². The molecule has 0 radical (unpaired) electrons. The molecule has 3 rings (SSSR count). The van der Waals surface area contributed by atoms with Gasteiger partial charge in [-0.05, 0) is 66.5 Å². The Morgan fingerprint density at radius 2 is 1.71 bits per heavy atom. The molecule has 3 heteroatoms. The Morgan fingerprint density at radius 3 is 2.38 bits per heavy atom. The van der Waals surface area contributed by atoms with E-state index < -0.39 is 0 Å². The van der Waals surface area contributed by atoms with E-state index in [1.54, 1.807) is 20.3 Å². The first-order valence-electron chi connectivity index (χ1n) is 8.37. The Labute approximate surface area is 143 Å². The molecule has 0 N–H and O–H groups in total. The third kappa shape index (κ3) is 2.58. The number of fused-ring (bicyclic) bond motifs is 3. The second-order valence-corrected chi connectivity index (χ2v) is 6.63. The molecule has 0 amide bonds. The number of hydrogen-bond acceptors (Lipinski definition) is 3. The van der Waals surface area contributed by atoms with E-state index >= 15 is 0 Å². The molecular formula is C21H24O3. The van der Waals surface area contributed by atoms with Crippen molar-refractivity contribution in [2.75, 3.05) is 14.2 Å². The van der Waals surface area contributed by atoms with Gasteiger partial charge in [-0.15, -0.1) is 0 Å². The zero-order valence-electron chi connectivity index (χ0n) is 15.0. The van der Waals surface area contributed by atoms with Crippen molar-refractivity contribution >= 4 is 0 Å². The minimum absolute atomic E-state index is 0.0876. The smallest absolute Gasteiger partial charge is 0.181 e. The zero-order valence-corrected chi connectivity index (χ0v) is 15.0. The first-order chi connectivity index (χ1) is 11.5. The molecule has 0 aliphatic heterocycles. The van der Waals surface area contributed by atoms with Gasteiger partial charge in [-0.25, -0.2) is 0 Å². The third-order valence-corrected chi connectivity index (χ3v) is 5.04. The second kappa shape index (κ2) is 6.31. The van der Waals surface area contributed by atoms with Gasteiger partial charge in [0.1, 0.15) is 0 Å². The zero-order chi connectivity index (χ0) is 17.4. The summed E-state index contributed by atoms with van der Waals surface area (Å²) in [7, 11) is 3.35. The SMILES string of the molecule is COc1c(C)cc2c(c1OC)-c1ccc(C)c(=O)cc1C(C)CC2. The highest BCUT2D eigenvalue weighted by atomic mass is 16.5. The van der Waals surface area contributed by atoms with Crippen molar-refractivity contribution in [3.05, 3.63) is 56.7 Å². The average Bonchev–Trinajstić information content (AvgIpc) is 2.78. The van der Waals surface area contributed by atoms with Crippen LogP contribution in [0.25, 0.3) is 11.1 Å². The maximum atomic E-state index is 12.3. The van der Waals surface area contributed by atoms with Crippen LogP contribution in [0.1, 0.15) is 41.5 Å². The lowest BCUT2D eigenvalue weighted by atomic mass is 9.93. The highest BCUT2D eigenvalue weighted by Crippen LogP contribution is 2.47. The van der Waals surface area contributed by atoms with Crippen molar-refractivity contribution in [1.82, 2.24) is 0 Å². The molecule has 0 saturated heterocycles. The van der Waals surface area contributed by atoms with Crippen molar-refractivity contribution in [1.29, 1.82) is 0 Å². The molecule has 126 valence electrons. The normalized spacial score (nSPS) is 16.0. The number of methoxy groups -OCH3 is 2. The minimum Gasteiger partial charge on any atom is -0.493 e. The Balaban J connectivity index is 2.46. The summed E-state index contributed by atoms with van der Waals surface area (Å²) >= 11 is 0. The lowest BCUT2D eigenvalue weighted by Gasteiger charge is -2.18. The molecule has 24 heavy (non-hydrogen) atoms. The summed E-state index contributed by atoms with van der Waals surface area (Å²) in [5, 5.41) is 0. The fraction of sp³-hybridized carbons (Fsp3) is 0.381. The standard InChI is InChI=1S/C21H24O3/c1-12-6-8-15-10-14(3)20(23-4)21(24-5)19(15)16-9-7-13(2)18(22)11-17(12)16/h7,9-12H,6,8H2,1-5H3. The van der Waals surface area contributed by atoms with Crippen LogP contribution in [0.2, 0.25) is 0 Å². The van der Waals surface area contributed by atoms with Crippen molar-refractivity contribution in [2.24, 2.45) is 0 Å². The summed E-state index contributed by atoms with van der Waals surface area (Å²) in [5.74, 6) is 1.85. The van der Waals surface area contributed by atoms with E-state index in [1.807, 2.05) is 19.9 Å². The molecule has 3 nitrogen and oxygen atoms in total. The molecule has 0 fully saturated rings. The highest BCUT2D eigenvalue weighted by molar-refractivity contribution is 5.81. The summed E-state index contributed by atoms with van der Waals surface area (Å²) in [4.78, 5) is 12.3. The Kier molecular flexibility index (Phi) is 4.35. The van der Waals surface area contributed by atoms with Crippen LogP contribution in [0, 0.1) is 13.8 Å². The monoisotopic (exact) mass is 324 g/mol. The summed E-state index contributed by atoms with van der Waals surface area (Å²) in [6.45, 7) is 6.10. The van der Waals surface area contributed by atoms with Gasteiger partial charge in [0.15, 0.2) is 16.9 Å². The van der Waals surface area contributed by atoms with E-state index in [0.29, 0.717) is 5.92 Å². The first kappa shape index (κ1) is 16.6. The van der Waals surface area contributed by atoms with Crippen molar-refractivity contribution in [3.8, 4) is 22.6 Å². The van der Waals surface area contributed by atoms with Gasteiger partial charge in [0.25, 0.3) is 0 Å². The maximum Gasteiger partial charge on any atom is 0.181 e. The van der Waals surface area contributed by atoms with Crippen LogP contribution in [0.5, 0.6) is 11.5 Å². The molecule has 0 bridgehead atoms. The number of ether oxygens (including phenoxy) is 2. The van der Waals surface area contributed by atoms with Crippen molar-refractivity contribution in [2.45, 2.75) is 39.5 Å². The van der Waals surface area contributed by atoms with Crippen LogP contribution >= 0.6 is 0 Å². The van der Waals surface area contributed by atoms with Gasteiger partial charge >= 0.3 is 0 Å². The fourth-order valence-electron chi connectivity index (χ4n) is 3.66.